The zero-order valence-corrected chi connectivity index (χ0v) is 7.92. The van der Waals surface area contributed by atoms with Crippen LogP contribution in [0.25, 0.3) is 0 Å². The molecule has 0 bridgehead atoms. The van der Waals surface area contributed by atoms with Crippen LogP contribution in [-0.4, -0.2) is 24.4 Å². The summed E-state index contributed by atoms with van der Waals surface area (Å²) in [5.74, 6) is 0.557. The minimum atomic E-state index is 0.250. The second kappa shape index (κ2) is 4.29. The van der Waals surface area contributed by atoms with Crippen molar-refractivity contribution in [2.45, 2.75) is 26.2 Å². The summed E-state index contributed by atoms with van der Waals surface area (Å²) in [6.07, 6.45) is 7.31. The number of hydrogen-bond donors (Lipinski definition) is 0. The Balaban J connectivity index is 2.46. The minimum Gasteiger partial charge on any atom is -0.346 e. The van der Waals surface area contributed by atoms with Crippen LogP contribution in [0.1, 0.15) is 26.2 Å². The Hall–Kier alpha value is -0.790. The van der Waals surface area contributed by atoms with Gasteiger partial charge in [-0.25, -0.2) is 0 Å². The molecule has 0 aliphatic heterocycles. The molecular formula is C10H17NO. The monoisotopic (exact) mass is 167 g/mol. The zero-order chi connectivity index (χ0) is 8.97. The standard InChI is InChI=1S/C10H17NO/c1-3-11(2)10(12)9-7-5-4-6-8-9/h4-5,9H,3,6-8H2,1-2H3. The second-order valence-corrected chi connectivity index (χ2v) is 3.33. The first-order chi connectivity index (χ1) is 5.75. The van der Waals surface area contributed by atoms with Crippen molar-refractivity contribution in [3.05, 3.63) is 12.2 Å². The molecule has 0 spiro atoms. The molecule has 1 aliphatic carbocycles. The van der Waals surface area contributed by atoms with Gasteiger partial charge in [-0.05, 0) is 26.2 Å². The van der Waals surface area contributed by atoms with Gasteiger partial charge in [0.2, 0.25) is 5.91 Å². The van der Waals surface area contributed by atoms with Crippen molar-refractivity contribution in [2.75, 3.05) is 13.6 Å². The summed E-state index contributed by atoms with van der Waals surface area (Å²) in [5, 5.41) is 0. The van der Waals surface area contributed by atoms with E-state index in [9.17, 15) is 4.79 Å². The quantitative estimate of drug-likeness (QED) is 0.574. The number of carbonyl (C=O) groups is 1. The molecule has 0 saturated carbocycles. The van der Waals surface area contributed by atoms with Crippen molar-refractivity contribution in [2.24, 2.45) is 5.92 Å². The van der Waals surface area contributed by atoms with Gasteiger partial charge in [0.1, 0.15) is 0 Å². The molecule has 1 atom stereocenters. The summed E-state index contributed by atoms with van der Waals surface area (Å²) in [6.45, 7) is 2.83. The molecule has 1 rings (SSSR count). The Bertz CT molecular complexity index is 186. The van der Waals surface area contributed by atoms with Crippen LogP contribution in [0.5, 0.6) is 0 Å². The highest BCUT2D eigenvalue weighted by Gasteiger charge is 2.20. The van der Waals surface area contributed by atoms with Crippen LogP contribution in [0.15, 0.2) is 12.2 Å². The average Bonchev–Trinajstić information content (AvgIpc) is 2.17. The first-order valence-electron chi connectivity index (χ1n) is 4.65. The van der Waals surface area contributed by atoms with Gasteiger partial charge < -0.3 is 4.90 Å². The third kappa shape index (κ3) is 2.10. The van der Waals surface area contributed by atoms with E-state index in [2.05, 4.69) is 12.2 Å². The summed E-state index contributed by atoms with van der Waals surface area (Å²) >= 11 is 0. The fourth-order valence-electron chi connectivity index (χ4n) is 1.49. The third-order valence-electron chi connectivity index (χ3n) is 2.47. The summed E-state index contributed by atoms with van der Waals surface area (Å²) in [4.78, 5) is 13.4. The lowest BCUT2D eigenvalue weighted by molar-refractivity contribution is -0.134. The van der Waals surface area contributed by atoms with Gasteiger partial charge in [0.25, 0.3) is 0 Å². The van der Waals surface area contributed by atoms with Crippen molar-refractivity contribution >= 4 is 5.91 Å². The largest absolute Gasteiger partial charge is 0.346 e. The van der Waals surface area contributed by atoms with Gasteiger partial charge in [0.15, 0.2) is 0 Å². The fourth-order valence-corrected chi connectivity index (χ4v) is 1.49. The average molecular weight is 167 g/mol. The van der Waals surface area contributed by atoms with E-state index in [1.54, 1.807) is 0 Å². The summed E-state index contributed by atoms with van der Waals surface area (Å²) in [5.41, 5.74) is 0. The highest BCUT2D eigenvalue weighted by Crippen LogP contribution is 2.19. The molecule has 0 aromatic rings. The molecular weight excluding hydrogens is 150 g/mol. The first-order valence-corrected chi connectivity index (χ1v) is 4.65. The highest BCUT2D eigenvalue weighted by molar-refractivity contribution is 5.78. The van der Waals surface area contributed by atoms with E-state index in [4.69, 9.17) is 0 Å². The normalized spacial score (nSPS) is 22.3. The molecule has 12 heavy (non-hydrogen) atoms. The summed E-state index contributed by atoms with van der Waals surface area (Å²) in [7, 11) is 1.88. The van der Waals surface area contributed by atoms with Crippen LogP contribution in [-0.2, 0) is 4.79 Å². The number of nitrogens with zero attached hydrogens (tertiary/aromatic N) is 1. The smallest absolute Gasteiger partial charge is 0.225 e. The van der Waals surface area contributed by atoms with E-state index in [0.717, 1.165) is 25.8 Å². The van der Waals surface area contributed by atoms with Crippen molar-refractivity contribution in [3.8, 4) is 0 Å². The molecule has 0 N–H and O–H groups in total. The van der Waals surface area contributed by atoms with Crippen LogP contribution in [0.3, 0.4) is 0 Å². The maximum Gasteiger partial charge on any atom is 0.225 e. The minimum absolute atomic E-state index is 0.250. The molecule has 1 unspecified atom stereocenters. The molecule has 0 aromatic carbocycles. The predicted octanol–water partition coefficient (Wildman–Crippen LogP) is 1.82. The molecule has 2 nitrogen and oxygen atoms in total. The van der Waals surface area contributed by atoms with E-state index in [1.165, 1.54) is 0 Å². The molecule has 0 fully saturated rings. The fraction of sp³-hybridized carbons (Fsp3) is 0.700. The second-order valence-electron chi connectivity index (χ2n) is 3.33. The molecule has 1 aliphatic rings. The number of carbonyl (C=O) groups excluding carboxylic acids is 1. The topological polar surface area (TPSA) is 20.3 Å². The molecule has 1 amide bonds. The van der Waals surface area contributed by atoms with Crippen LogP contribution in [0.4, 0.5) is 0 Å². The Morgan fingerprint density at radius 3 is 2.83 bits per heavy atom. The lowest BCUT2D eigenvalue weighted by Gasteiger charge is -2.23. The Labute approximate surface area is 74.2 Å². The van der Waals surface area contributed by atoms with Gasteiger partial charge in [-0.15, -0.1) is 0 Å². The van der Waals surface area contributed by atoms with Gasteiger partial charge in [-0.3, -0.25) is 4.79 Å². The number of hydrogen-bond acceptors (Lipinski definition) is 1. The Morgan fingerprint density at radius 2 is 2.33 bits per heavy atom. The van der Waals surface area contributed by atoms with Gasteiger partial charge in [0.05, 0.1) is 0 Å². The number of amides is 1. The van der Waals surface area contributed by atoms with Crippen molar-refractivity contribution in [3.63, 3.8) is 0 Å². The lowest BCUT2D eigenvalue weighted by Crippen LogP contribution is -2.33. The Kier molecular flexibility index (Phi) is 3.32. The molecule has 0 radical (unpaired) electrons. The van der Waals surface area contributed by atoms with E-state index < -0.39 is 0 Å². The van der Waals surface area contributed by atoms with Crippen LogP contribution < -0.4 is 0 Å². The molecule has 2 heteroatoms. The maximum absolute atomic E-state index is 11.6. The number of rotatable bonds is 2. The van der Waals surface area contributed by atoms with E-state index >= 15 is 0 Å². The van der Waals surface area contributed by atoms with E-state index in [-0.39, 0.29) is 5.92 Å². The first kappa shape index (κ1) is 9.30. The van der Waals surface area contributed by atoms with Gasteiger partial charge in [0, 0.05) is 19.5 Å². The molecule has 68 valence electrons. The molecule has 0 saturated heterocycles. The molecule has 0 heterocycles. The van der Waals surface area contributed by atoms with Crippen molar-refractivity contribution in [1.82, 2.24) is 4.90 Å². The third-order valence-corrected chi connectivity index (χ3v) is 2.47. The van der Waals surface area contributed by atoms with E-state index in [1.807, 2.05) is 18.9 Å². The van der Waals surface area contributed by atoms with Gasteiger partial charge >= 0.3 is 0 Å². The van der Waals surface area contributed by atoms with Crippen molar-refractivity contribution < 1.29 is 4.79 Å². The number of allylic oxidation sites excluding steroid dienone is 2. The zero-order valence-electron chi connectivity index (χ0n) is 7.92. The molecule has 0 aromatic heterocycles. The van der Waals surface area contributed by atoms with E-state index in [0.29, 0.717) is 5.91 Å². The predicted molar refractivity (Wildman–Crippen MR) is 49.8 cm³/mol. The van der Waals surface area contributed by atoms with Crippen LogP contribution in [0, 0.1) is 5.92 Å². The van der Waals surface area contributed by atoms with Crippen molar-refractivity contribution in [1.29, 1.82) is 0 Å². The highest BCUT2D eigenvalue weighted by atomic mass is 16.2. The van der Waals surface area contributed by atoms with Gasteiger partial charge in [-0.2, -0.15) is 0 Å². The Morgan fingerprint density at radius 1 is 1.58 bits per heavy atom. The maximum atomic E-state index is 11.6. The SMILES string of the molecule is CCN(C)C(=O)C1CC=CCC1. The van der Waals surface area contributed by atoms with Crippen LogP contribution in [0.2, 0.25) is 0 Å². The van der Waals surface area contributed by atoms with Crippen LogP contribution >= 0.6 is 0 Å². The lowest BCUT2D eigenvalue weighted by atomic mass is 9.93. The summed E-state index contributed by atoms with van der Waals surface area (Å²) in [6, 6.07) is 0. The summed E-state index contributed by atoms with van der Waals surface area (Å²) < 4.78 is 0. The van der Waals surface area contributed by atoms with Gasteiger partial charge in [-0.1, -0.05) is 12.2 Å².